The Morgan fingerprint density at radius 3 is 1.75 bits per heavy atom. The lowest BCUT2D eigenvalue weighted by molar-refractivity contribution is -0.161. The van der Waals surface area contributed by atoms with Gasteiger partial charge in [0, 0.05) is 67.8 Å². The Labute approximate surface area is 545 Å². The van der Waals surface area contributed by atoms with E-state index in [1.165, 1.54) is 69.4 Å². The third-order valence-electron chi connectivity index (χ3n) is 21.2. The summed E-state index contributed by atoms with van der Waals surface area (Å²) in [5, 5.41) is 8.71. The van der Waals surface area contributed by atoms with Crippen LogP contribution in [0.25, 0.3) is 0 Å². The zero-order chi connectivity index (χ0) is 68.7. The van der Waals surface area contributed by atoms with Crippen molar-refractivity contribution in [2.45, 2.75) is 236 Å². The quantitative estimate of drug-likeness (QED) is 0.269. The van der Waals surface area contributed by atoms with Gasteiger partial charge in [0.25, 0.3) is 0 Å². The van der Waals surface area contributed by atoms with Crippen molar-refractivity contribution >= 4 is 65.0 Å². The minimum Gasteiger partial charge on any atom is -0.343 e. The molecule has 3 aliphatic heterocycles. The highest BCUT2D eigenvalue weighted by Gasteiger charge is 2.52. The molecule has 1 aromatic carbocycles. The van der Waals surface area contributed by atoms with Crippen LogP contribution in [0.2, 0.25) is 0 Å². The molecule has 1 spiro atoms. The number of carbonyl (C=O) groups is 11. The molecule has 3 aliphatic carbocycles. The number of rotatable bonds is 9. The second-order valence-electron chi connectivity index (χ2n) is 28.0. The highest BCUT2D eigenvalue weighted by Crippen LogP contribution is 2.38. The molecular formula is C67H101F4N11O11. The fourth-order valence-electron chi connectivity index (χ4n) is 14.9. The van der Waals surface area contributed by atoms with E-state index in [0.29, 0.717) is 63.5 Å². The molecule has 7 rings (SSSR count). The zero-order valence-corrected chi connectivity index (χ0v) is 56.6. The highest BCUT2D eigenvalue weighted by atomic mass is 19.4. The predicted molar refractivity (Wildman–Crippen MR) is 337 cm³/mol. The average molecular weight is 1310 g/mol. The van der Waals surface area contributed by atoms with Crippen LogP contribution in [0.15, 0.2) is 18.2 Å². The van der Waals surface area contributed by atoms with Crippen LogP contribution in [0, 0.1) is 29.5 Å². The SMILES string of the molecule is CC[C@H](C)[C@@H]1NC(=O)[C@H](CC(C)C)N(C)C(=O)C[C@@H](C)N(C)C(=O)[C@H](C2CCCC2)N(C)C(=O)C2(CCCC2)NC(=O)[C@@H]2CCCN2C(=O)[C@H](CCc2ccc(C(F)(F)F)c(F)c2)NC(=O)CN(C)C(=O)[C@H](C2CCCC2)N(C)C(=O)[C@@H]2CCN2C(=O)[C@H](C)N(C)C1=O. The number of nitrogens with one attached hydrogen (secondary N) is 3. The largest absolute Gasteiger partial charge is 0.419 e. The van der Waals surface area contributed by atoms with E-state index in [1.807, 2.05) is 20.8 Å². The Bertz CT molecular complexity index is 2930. The number of benzene rings is 1. The molecule has 26 heteroatoms. The van der Waals surface area contributed by atoms with E-state index in [1.54, 1.807) is 27.9 Å². The summed E-state index contributed by atoms with van der Waals surface area (Å²) in [5.41, 5.74) is -2.91. The van der Waals surface area contributed by atoms with Crippen molar-refractivity contribution in [1.82, 2.24) is 55.1 Å². The zero-order valence-electron chi connectivity index (χ0n) is 56.6. The Kier molecular flexibility index (Phi) is 24.6. The summed E-state index contributed by atoms with van der Waals surface area (Å²) in [5.74, 6) is -9.19. The summed E-state index contributed by atoms with van der Waals surface area (Å²) in [6.45, 7) is 10.2. The molecule has 1 aromatic rings. The van der Waals surface area contributed by atoms with Crippen LogP contribution in [0.4, 0.5) is 17.6 Å². The maximum Gasteiger partial charge on any atom is 0.419 e. The molecule has 22 nitrogen and oxygen atoms in total. The van der Waals surface area contributed by atoms with Crippen LogP contribution >= 0.6 is 0 Å². The topological polar surface area (TPSA) is 250 Å². The first kappa shape index (κ1) is 73.5. The van der Waals surface area contributed by atoms with Crippen molar-refractivity contribution in [3.63, 3.8) is 0 Å². The number of nitrogens with zero attached hydrogens (tertiary/aromatic N) is 8. The number of amides is 11. The standard InChI is InChI=1S/C67H101F4N11O11/c1-13-40(4)54-62(90)77(9)42(6)59(87)82-34-30-50(82)61(89)79(11)55(44-21-14-15-22-44)63(91)75(7)38-52(83)72-48(29-27-43-26-28-46(47(68)37-43)67(69,70)71)60(88)81-33-20-25-49(81)58(86)74-66(31-18-19-32-66)65(93)80(12)56(45-23-16-17-24-45)64(92)76(8)41(5)36-53(84)78(10)51(35-39(2)3)57(85)73-54/h26,28,37,39-42,44-45,48-51,54-56H,13-25,27,29-36,38H2,1-12H3,(H,72,83)(H,73,85)(H,74,86)/t40-,41+,42-,48-,49-,50-,51-,54-,55-,56-/m0/s1. The third kappa shape index (κ3) is 16.6. The van der Waals surface area contributed by atoms with Gasteiger partial charge in [0.1, 0.15) is 59.7 Å². The Morgan fingerprint density at radius 2 is 1.20 bits per heavy atom. The van der Waals surface area contributed by atoms with Gasteiger partial charge < -0.3 is 55.1 Å². The van der Waals surface area contributed by atoms with Crippen molar-refractivity contribution < 1.29 is 70.3 Å². The van der Waals surface area contributed by atoms with Crippen LogP contribution in [-0.2, 0) is 65.3 Å². The number of carbonyl (C=O) groups excluding carboxylic acids is 11. The minimum absolute atomic E-state index is 0.0317. The number of hydrogen-bond acceptors (Lipinski definition) is 11. The molecule has 11 amide bonds. The van der Waals surface area contributed by atoms with Gasteiger partial charge in [-0.1, -0.05) is 78.7 Å². The smallest absolute Gasteiger partial charge is 0.343 e. The molecule has 6 aliphatic rings. The van der Waals surface area contributed by atoms with Crippen LogP contribution in [0.3, 0.4) is 0 Å². The van der Waals surface area contributed by atoms with Crippen LogP contribution in [0.5, 0.6) is 0 Å². The van der Waals surface area contributed by atoms with Crippen molar-refractivity contribution in [3.05, 3.63) is 35.1 Å². The van der Waals surface area contributed by atoms with Gasteiger partial charge in [-0.25, -0.2) is 4.39 Å². The number of alkyl halides is 3. The number of fused-ring (bicyclic) bond motifs is 2. The molecule has 0 unspecified atom stereocenters. The number of aryl methyl sites for hydroxylation is 1. The molecule has 0 aromatic heterocycles. The van der Waals surface area contributed by atoms with E-state index in [2.05, 4.69) is 16.0 Å². The summed E-state index contributed by atoms with van der Waals surface area (Å²) >= 11 is 0. The fourth-order valence-corrected chi connectivity index (χ4v) is 14.9. The van der Waals surface area contributed by atoms with Gasteiger partial charge in [-0.2, -0.15) is 13.2 Å². The van der Waals surface area contributed by atoms with Crippen LogP contribution in [0.1, 0.15) is 175 Å². The highest BCUT2D eigenvalue weighted by molar-refractivity contribution is 6.00. The minimum atomic E-state index is -4.98. The summed E-state index contributed by atoms with van der Waals surface area (Å²) in [4.78, 5) is 173. The van der Waals surface area contributed by atoms with Crippen LogP contribution < -0.4 is 16.0 Å². The molecule has 0 radical (unpaired) electrons. The first-order valence-corrected chi connectivity index (χ1v) is 33.7. The van der Waals surface area contributed by atoms with Crippen LogP contribution in [-0.4, -0.2) is 226 Å². The van der Waals surface area contributed by atoms with Gasteiger partial charge in [-0.15, -0.1) is 0 Å². The summed E-state index contributed by atoms with van der Waals surface area (Å²) in [7, 11) is 8.91. The first-order valence-electron chi connectivity index (χ1n) is 33.7. The molecular weight excluding hydrogens is 1210 g/mol. The Hall–Kier alpha value is -6.89. The predicted octanol–water partition coefficient (Wildman–Crippen LogP) is 5.28. The van der Waals surface area contributed by atoms with E-state index in [0.717, 1.165) is 36.6 Å². The number of likely N-dealkylation sites (N-methyl/N-ethyl adjacent to an activating group) is 6. The number of hydrogen-bond donors (Lipinski definition) is 3. The van der Waals surface area contributed by atoms with Gasteiger partial charge in [-0.3, -0.25) is 52.7 Å². The number of halogens is 4. The summed E-state index contributed by atoms with van der Waals surface area (Å²) in [6, 6.07) is -7.47. The van der Waals surface area contributed by atoms with Gasteiger partial charge in [0.2, 0.25) is 65.0 Å². The molecule has 3 heterocycles. The molecule has 3 N–H and O–H groups in total. The maximum absolute atomic E-state index is 15.3. The van der Waals surface area contributed by atoms with Crippen molar-refractivity contribution in [2.24, 2.45) is 23.7 Å². The molecule has 10 atom stereocenters. The average Bonchev–Trinajstić information content (AvgIpc) is 1.77. The Balaban J connectivity index is 1.25. The van der Waals surface area contributed by atoms with E-state index in [4.69, 9.17) is 0 Å². The molecule has 3 saturated heterocycles. The van der Waals surface area contributed by atoms with Gasteiger partial charge in [0.15, 0.2) is 0 Å². The summed E-state index contributed by atoms with van der Waals surface area (Å²) < 4.78 is 55.9. The fraction of sp³-hybridized carbons (Fsp3) is 0.746. The lowest BCUT2D eigenvalue weighted by Gasteiger charge is -2.45. The third-order valence-corrected chi connectivity index (χ3v) is 21.2. The first-order chi connectivity index (χ1) is 43.7. The van der Waals surface area contributed by atoms with E-state index in [-0.39, 0.29) is 87.8 Å². The molecule has 518 valence electrons. The van der Waals surface area contributed by atoms with Gasteiger partial charge >= 0.3 is 6.18 Å². The summed E-state index contributed by atoms with van der Waals surface area (Å²) in [6.07, 6.45) is 2.73. The Morgan fingerprint density at radius 1 is 0.613 bits per heavy atom. The lowest BCUT2D eigenvalue weighted by Crippen LogP contribution is -2.65. The van der Waals surface area contributed by atoms with E-state index < -0.39 is 155 Å². The second kappa shape index (κ2) is 31.1. The van der Waals surface area contributed by atoms with Crippen molar-refractivity contribution in [2.75, 3.05) is 61.9 Å². The van der Waals surface area contributed by atoms with E-state index in [9.17, 15) is 55.9 Å². The second-order valence-corrected chi connectivity index (χ2v) is 28.0. The lowest BCUT2D eigenvalue weighted by atomic mass is 9.90. The van der Waals surface area contributed by atoms with Gasteiger partial charge in [-0.05, 0) is 132 Å². The molecule has 93 heavy (non-hydrogen) atoms. The van der Waals surface area contributed by atoms with E-state index >= 15 is 14.4 Å². The molecule has 6 fully saturated rings. The monoisotopic (exact) mass is 1310 g/mol. The molecule has 0 bridgehead atoms. The van der Waals surface area contributed by atoms with Crippen molar-refractivity contribution in [1.29, 1.82) is 0 Å². The maximum atomic E-state index is 15.3. The van der Waals surface area contributed by atoms with Crippen molar-refractivity contribution in [3.8, 4) is 0 Å². The van der Waals surface area contributed by atoms with Gasteiger partial charge in [0.05, 0.1) is 12.1 Å². The normalized spacial score (nSPS) is 28.9. The molecule has 3 saturated carbocycles.